The molecule has 2 aromatic heterocycles. The first-order valence-corrected chi connectivity index (χ1v) is 16.3. The van der Waals surface area contributed by atoms with E-state index in [-0.39, 0.29) is 0 Å². The Morgan fingerprint density at radius 2 is 0.682 bits per heavy atom. The Morgan fingerprint density at radius 3 is 1.11 bits per heavy atom. The van der Waals surface area contributed by atoms with Crippen molar-refractivity contribution in [3.63, 3.8) is 0 Å². The number of rotatable bonds is 7. The highest BCUT2D eigenvalue weighted by Gasteiger charge is 2.19. The van der Waals surface area contributed by atoms with Gasteiger partial charge < -0.3 is 9.80 Å². The second-order valence-electron chi connectivity index (χ2n) is 10.7. The third-order valence-corrected chi connectivity index (χ3v) is 10.2. The van der Waals surface area contributed by atoms with Gasteiger partial charge in [0.2, 0.25) is 0 Å². The maximum Gasteiger partial charge on any atom is 0.101 e. The molecular weight excluding hydrogens is 573 g/mol. The van der Waals surface area contributed by atoms with Crippen LogP contribution in [0, 0.1) is 0 Å². The predicted molar refractivity (Wildman–Crippen MR) is 192 cm³/mol. The van der Waals surface area contributed by atoms with Crippen LogP contribution >= 0.6 is 22.7 Å². The van der Waals surface area contributed by atoms with E-state index >= 15 is 0 Å². The van der Waals surface area contributed by atoms with E-state index in [1.165, 1.54) is 41.3 Å². The topological polar surface area (TPSA) is 6.48 Å². The quantitative estimate of drug-likeness (QED) is 0.180. The highest BCUT2D eigenvalue weighted by Crippen LogP contribution is 2.47. The van der Waals surface area contributed by atoms with Crippen molar-refractivity contribution >= 4 is 77.0 Å². The molecule has 8 aromatic rings. The first-order chi connectivity index (χ1) is 21.8. The lowest BCUT2D eigenvalue weighted by atomic mass is 10.1. The lowest BCUT2D eigenvalue weighted by Gasteiger charge is -2.24. The summed E-state index contributed by atoms with van der Waals surface area (Å²) in [6.07, 6.45) is 0. The number of anilines is 6. The van der Waals surface area contributed by atoms with E-state index in [2.05, 4.69) is 180 Å². The van der Waals surface area contributed by atoms with E-state index in [9.17, 15) is 0 Å². The molecule has 0 radical (unpaired) electrons. The third kappa shape index (κ3) is 5.05. The van der Waals surface area contributed by atoms with Gasteiger partial charge in [0.1, 0.15) is 10.0 Å². The lowest BCUT2D eigenvalue weighted by molar-refractivity contribution is 1.32. The van der Waals surface area contributed by atoms with Crippen molar-refractivity contribution in [3.05, 3.63) is 170 Å². The molecular formula is C40H28N2S2. The van der Waals surface area contributed by atoms with Gasteiger partial charge >= 0.3 is 0 Å². The molecule has 0 N–H and O–H groups in total. The lowest BCUT2D eigenvalue weighted by Crippen LogP contribution is -2.08. The second-order valence-corrected chi connectivity index (χ2v) is 12.8. The van der Waals surface area contributed by atoms with Crippen LogP contribution in [0.25, 0.3) is 31.3 Å². The maximum absolute atomic E-state index is 2.36. The van der Waals surface area contributed by atoms with Gasteiger partial charge in [0, 0.05) is 32.5 Å². The largest absolute Gasteiger partial charge is 0.302 e. The Balaban J connectivity index is 1.18. The summed E-state index contributed by atoms with van der Waals surface area (Å²) in [5.41, 5.74) is 4.60. The number of hydrogen-bond acceptors (Lipinski definition) is 4. The summed E-state index contributed by atoms with van der Waals surface area (Å²) in [4.78, 5) is 7.23. The first kappa shape index (κ1) is 26.5. The van der Waals surface area contributed by atoms with E-state index in [1.807, 2.05) is 22.7 Å². The van der Waals surface area contributed by atoms with E-state index in [0.717, 1.165) is 22.7 Å². The minimum atomic E-state index is 1.15. The van der Waals surface area contributed by atoms with Crippen molar-refractivity contribution in [1.82, 2.24) is 0 Å². The number of benzene rings is 6. The molecule has 6 aromatic carbocycles. The number of fused-ring (bicyclic) bond motifs is 2. The molecule has 0 bridgehead atoms. The normalized spacial score (nSPS) is 11.2. The van der Waals surface area contributed by atoms with Crippen LogP contribution < -0.4 is 9.80 Å². The Hall–Kier alpha value is -5.16. The molecule has 0 atom stereocenters. The van der Waals surface area contributed by atoms with Crippen molar-refractivity contribution in [2.24, 2.45) is 0 Å². The number of para-hydroxylation sites is 2. The van der Waals surface area contributed by atoms with Crippen LogP contribution in [-0.4, -0.2) is 0 Å². The zero-order valence-corrected chi connectivity index (χ0v) is 25.5. The van der Waals surface area contributed by atoms with Crippen molar-refractivity contribution in [3.8, 4) is 9.75 Å². The Labute approximate surface area is 265 Å². The highest BCUT2D eigenvalue weighted by molar-refractivity contribution is 7.26. The minimum absolute atomic E-state index is 1.15. The molecule has 0 aliphatic carbocycles. The summed E-state index contributed by atoms with van der Waals surface area (Å²) in [7, 11) is 0. The fourth-order valence-electron chi connectivity index (χ4n) is 5.75. The molecule has 0 aliphatic heterocycles. The van der Waals surface area contributed by atoms with Crippen LogP contribution in [0.4, 0.5) is 32.8 Å². The fourth-order valence-corrected chi connectivity index (χ4v) is 7.94. The summed E-state index contributed by atoms with van der Waals surface area (Å²) in [6.45, 7) is 0. The van der Waals surface area contributed by atoms with Gasteiger partial charge in [0.15, 0.2) is 0 Å². The Kier molecular flexibility index (Phi) is 6.91. The van der Waals surface area contributed by atoms with Crippen molar-refractivity contribution in [2.45, 2.75) is 0 Å². The molecule has 0 saturated carbocycles. The van der Waals surface area contributed by atoms with Crippen molar-refractivity contribution in [2.75, 3.05) is 9.80 Å². The smallest absolute Gasteiger partial charge is 0.101 e. The molecule has 0 spiro atoms. The molecule has 2 heterocycles. The Morgan fingerprint density at radius 1 is 0.295 bits per heavy atom. The fraction of sp³-hybridized carbons (Fsp3) is 0. The molecule has 0 fully saturated rings. The zero-order valence-electron chi connectivity index (χ0n) is 23.9. The third-order valence-electron chi connectivity index (χ3n) is 7.88. The van der Waals surface area contributed by atoms with E-state index in [1.54, 1.807) is 0 Å². The van der Waals surface area contributed by atoms with Gasteiger partial charge in [-0.25, -0.2) is 0 Å². The van der Waals surface area contributed by atoms with E-state index < -0.39 is 0 Å². The van der Waals surface area contributed by atoms with E-state index in [4.69, 9.17) is 0 Å². The summed E-state index contributed by atoms with van der Waals surface area (Å²) >= 11 is 3.65. The standard InChI is InChI=1S/C40H28N2S2/c1-3-15-33(16-4-1)41(35-21-19-29-11-7-9-13-31(29)27-35)39-25-23-37(43-39)38-24-26-40(44-38)42(34-17-5-2-6-18-34)36-22-20-30-12-8-10-14-32(30)28-36/h1-28H. The molecule has 0 unspecified atom stereocenters. The van der Waals surface area contributed by atoms with E-state index in [0.29, 0.717) is 0 Å². The average Bonchev–Trinajstić information content (AvgIpc) is 3.77. The molecule has 0 aliphatic rings. The van der Waals surface area contributed by atoms with Crippen LogP contribution in [0.2, 0.25) is 0 Å². The molecule has 210 valence electrons. The molecule has 2 nitrogen and oxygen atoms in total. The molecule has 0 amide bonds. The molecule has 4 heteroatoms. The molecule has 0 saturated heterocycles. The van der Waals surface area contributed by atoms with Crippen LogP contribution in [-0.2, 0) is 0 Å². The van der Waals surface area contributed by atoms with Gasteiger partial charge in [-0.1, -0.05) is 97.1 Å². The van der Waals surface area contributed by atoms with Crippen LogP contribution in [0.3, 0.4) is 0 Å². The zero-order chi connectivity index (χ0) is 29.3. The summed E-state index contributed by atoms with van der Waals surface area (Å²) < 4.78 is 0. The van der Waals surface area contributed by atoms with Crippen molar-refractivity contribution < 1.29 is 0 Å². The van der Waals surface area contributed by atoms with Gasteiger partial charge in [0.05, 0.1) is 0 Å². The molecule has 44 heavy (non-hydrogen) atoms. The van der Waals surface area contributed by atoms with Gasteiger partial charge in [-0.05, 0) is 94.3 Å². The Bertz CT molecular complexity index is 2040. The first-order valence-electron chi connectivity index (χ1n) is 14.7. The average molecular weight is 601 g/mol. The van der Waals surface area contributed by atoms with Gasteiger partial charge in [0.25, 0.3) is 0 Å². The number of nitrogens with zero attached hydrogens (tertiary/aromatic N) is 2. The van der Waals surface area contributed by atoms with Gasteiger partial charge in [-0.2, -0.15) is 0 Å². The van der Waals surface area contributed by atoms with Gasteiger partial charge in [-0.3, -0.25) is 0 Å². The SMILES string of the molecule is c1ccc(N(c2ccc3ccccc3c2)c2ccc(-c3ccc(N(c4ccccc4)c4ccc5ccccc5c4)s3)s2)cc1. The maximum atomic E-state index is 2.36. The van der Waals surface area contributed by atoms with Crippen LogP contribution in [0.1, 0.15) is 0 Å². The predicted octanol–water partition coefficient (Wildman–Crippen LogP) is 12.7. The number of thiophene rings is 2. The monoisotopic (exact) mass is 600 g/mol. The van der Waals surface area contributed by atoms with Crippen LogP contribution in [0.15, 0.2) is 170 Å². The summed E-state index contributed by atoms with van der Waals surface area (Å²) in [5, 5.41) is 7.34. The van der Waals surface area contributed by atoms with Crippen molar-refractivity contribution in [1.29, 1.82) is 0 Å². The summed E-state index contributed by atoms with van der Waals surface area (Å²) in [6, 6.07) is 60.8. The second kappa shape index (κ2) is 11.5. The number of hydrogen-bond donors (Lipinski definition) is 0. The minimum Gasteiger partial charge on any atom is -0.302 e. The van der Waals surface area contributed by atoms with Gasteiger partial charge in [-0.15, -0.1) is 22.7 Å². The summed E-state index contributed by atoms with van der Waals surface area (Å²) in [5.74, 6) is 0. The van der Waals surface area contributed by atoms with Crippen LogP contribution in [0.5, 0.6) is 0 Å². The highest BCUT2D eigenvalue weighted by atomic mass is 32.1. The molecule has 8 rings (SSSR count).